The van der Waals surface area contributed by atoms with Crippen LogP contribution in [0.2, 0.25) is 10.0 Å². The first kappa shape index (κ1) is 19.3. The average Bonchev–Trinajstić information content (AvgIpc) is 3.02. The highest BCUT2D eigenvalue weighted by Gasteiger charge is 2.62. The fourth-order valence-corrected chi connectivity index (χ4v) is 5.56. The van der Waals surface area contributed by atoms with E-state index >= 15 is 0 Å². The Balaban J connectivity index is 1.81. The molecule has 1 heterocycles. The lowest BCUT2D eigenvalue weighted by Crippen LogP contribution is -2.49. The molecule has 1 fully saturated rings. The molecule has 150 valence electrons. The van der Waals surface area contributed by atoms with E-state index in [0.29, 0.717) is 15.8 Å². The molecule has 1 saturated carbocycles. The van der Waals surface area contributed by atoms with Crippen molar-refractivity contribution < 1.29 is 14.3 Å². The third-order valence-electron chi connectivity index (χ3n) is 6.34. The number of carbonyl (C=O) groups is 2. The first-order chi connectivity index (χ1) is 14.5. The fraction of sp³-hybridized carbons (Fsp3) is 0.200. The molecule has 3 aromatic carbocycles. The number of ether oxygens (including phenoxy) is 1. The van der Waals surface area contributed by atoms with Crippen LogP contribution in [0, 0.1) is 0 Å². The zero-order chi connectivity index (χ0) is 20.9. The number of carbonyl (C=O) groups excluding carboxylic acids is 2. The summed E-state index contributed by atoms with van der Waals surface area (Å²) < 4.78 is 5.78. The lowest BCUT2D eigenvalue weighted by molar-refractivity contribution is -0.142. The molecular formula is C25H18Cl2O3. The van der Waals surface area contributed by atoms with Crippen LogP contribution in [0.4, 0.5) is 0 Å². The van der Waals surface area contributed by atoms with Gasteiger partial charge in [-0.25, -0.2) is 0 Å². The number of rotatable bonds is 2. The van der Waals surface area contributed by atoms with Gasteiger partial charge in [-0.3, -0.25) is 9.59 Å². The number of hydrogen-bond acceptors (Lipinski definition) is 3. The average molecular weight is 437 g/mol. The Labute approximate surface area is 184 Å². The summed E-state index contributed by atoms with van der Waals surface area (Å²) in [6.07, 6.45) is 0.502. The number of fused-ring (bicyclic) bond motifs is 2. The van der Waals surface area contributed by atoms with E-state index in [4.69, 9.17) is 27.9 Å². The number of halogens is 2. The summed E-state index contributed by atoms with van der Waals surface area (Å²) in [5, 5.41) is 1.14. The van der Waals surface area contributed by atoms with E-state index < -0.39 is 17.3 Å². The van der Waals surface area contributed by atoms with Crippen LogP contribution in [0.5, 0.6) is 5.75 Å². The van der Waals surface area contributed by atoms with Crippen LogP contribution in [0.3, 0.4) is 0 Å². The van der Waals surface area contributed by atoms with Gasteiger partial charge in [0.05, 0.1) is 0 Å². The molecule has 3 atom stereocenters. The van der Waals surface area contributed by atoms with Gasteiger partial charge in [0.25, 0.3) is 0 Å². The molecule has 2 aliphatic rings. The van der Waals surface area contributed by atoms with Crippen molar-refractivity contribution in [1.82, 2.24) is 0 Å². The van der Waals surface area contributed by atoms with Crippen LogP contribution >= 0.6 is 23.2 Å². The van der Waals surface area contributed by atoms with Crippen molar-refractivity contribution in [3.63, 3.8) is 0 Å². The number of benzene rings is 3. The van der Waals surface area contributed by atoms with E-state index in [9.17, 15) is 9.59 Å². The number of para-hydroxylation sites is 1. The number of esters is 1. The quantitative estimate of drug-likeness (QED) is 0.361. The number of Topliss-reactive ketones (excluding diaryl/α,β-unsaturated/α-hetero) is 1. The van der Waals surface area contributed by atoms with E-state index in [1.807, 2.05) is 60.7 Å². The summed E-state index contributed by atoms with van der Waals surface area (Å²) in [6.45, 7) is 0. The zero-order valence-electron chi connectivity index (χ0n) is 16.0. The fourth-order valence-electron chi connectivity index (χ4n) is 5.16. The van der Waals surface area contributed by atoms with E-state index in [2.05, 4.69) is 0 Å². The largest absolute Gasteiger partial charge is 0.426 e. The molecule has 1 spiro atoms. The van der Waals surface area contributed by atoms with Crippen molar-refractivity contribution in [1.29, 1.82) is 0 Å². The second-order valence-electron chi connectivity index (χ2n) is 7.92. The first-order valence-corrected chi connectivity index (χ1v) is 10.6. The third kappa shape index (κ3) is 2.88. The Bertz CT molecular complexity index is 1110. The molecule has 3 nitrogen and oxygen atoms in total. The van der Waals surface area contributed by atoms with E-state index in [1.165, 1.54) is 0 Å². The van der Waals surface area contributed by atoms with Gasteiger partial charge in [0.2, 0.25) is 0 Å². The Hall–Kier alpha value is -2.62. The molecule has 0 aromatic heterocycles. The SMILES string of the molecule is O=C1C[C@H](c2cccc(Cl)c2)C2(C(=O)Oc3ccccc32)[C@H](c2cccc(Cl)c2)C1. The van der Waals surface area contributed by atoms with Gasteiger partial charge in [-0.2, -0.15) is 0 Å². The van der Waals surface area contributed by atoms with Gasteiger partial charge < -0.3 is 4.74 Å². The molecule has 1 aliphatic heterocycles. The smallest absolute Gasteiger partial charge is 0.323 e. The van der Waals surface area contributed by atoms with Gasteiger partial charge >= 0.3 is 5.97 Å². The number of hydrogen-bond donors (Lipinski definition) is 0. The summed E-state index contributed by atoms with van der Waals surface area (Å²) in [7, 11) is 0. The molecule has 0 N–H and O–H groups in total. The predicted octanol–water partition coefficient (Wildman–Crippen LogP) is 6.08. The van der Waals surface area contributed by atoms with Gasteiger partial charge in [-0.1, -0.05) is 65.7 Å². The Morgan fingerprint density at radius 2 is 1.33 bits per heavy atom. The Morgan fingerprint density at radius 3 is 1.90 bits per heavy atom. The van der Waals surface area contributed by atoms with Gasteiger partial charge in [-0.15, -0.1) is 0 Å². The Morgan fingerprint density at radius 1 is 0.767 bits per heavy atom. The van der Waals surface area contributed by atoms with Crippen molar-refractivity contribution >= 4 is 35.0 Å². The molecule has 30 heavy (non-hydrogen) atoms. The van der Waals surface area contributed by atoms with Crippen molar-refractivity contribution in [2.24, 2.45) is 0 Å². The lowest BCUT2D eigenvalue weighted by Gasteiger charge is -2.45. The van der Waals surface area contributed by atoms with Crippen molar-refractivity contribution in [3.8, 4) is 5.75 Å². The Kier molecular flexibility index (Phi) is 4.68. The standard InChI is InChI=1S/C25H18Cl2O3/c26-17-7-3-5-15(11-17)21-13-19(28)14-22(16-6-4-8-18(27)12-16)25(21)20-9-1-2-10-23(20)30-24(25)29/h1-12,21-22H,13-14H2/t21-,22+,25?. The molecule has 5 rings (SSSR count). The molecular weight excluding hydrogens is 419 g/mol. The van der Waals surface area contributed by atoms with E-state index in [-0.39, 0.29) is 24.6 Å². The first-order valence-electron chi connectivity index (χ1n) is 9.84. The van der Waals surface area contributed by atoms with Crippen LogP contribution in [0.1, 0.15) is 41.4 Å². The van der Waals surface area contributed by atoms with Crippen LogP contribution in [-0.2, 0) is 15.0 Å². The highest BCUT2D eigenvalue weighted by molar-refractivity contribution is 6.31. The van der Waals surface area contributed by atoms with Crippen LogP contribution in [0.25, 0.3) is 0 Å². The van der Waals surface area contributed by atoms with Crippen LogP contribution < -0.4 is 4.74 Å². The molecule has 1 unspecified atom stereocenters. The highest BCUT2D eigenvalue weighted by atomic mass is 35.5. The van der Waals surface area contributed by atoms with Crippen molar-refractivity contribution in [2.75, 3.05) is 0 Å². The highest BCUT2D eigenvalue weighted by Crippen LogP contribution is 2.60. The lowest BCUT2D eigenvalue weighted by atomic mass is 9.54. The van der Waals surface area contributed by atoms with Crippen molar-refractivity contribution in [2.45, 2.75) is 30.1 Å². The topological polar surface area (TPSA) is 43.4 Å². The summed E-state index contributed by atoms with van der Waals surface area (Å²) >= 11 is 12.6. The molecule has 0 radical (unpaired) electrons. The monoisotopic (exact) mass is 436 g/mol. The maximum absolute atomic E-state index is 13.7. The summed E-state index contributed by atoms with van der Waals surface area (Å²) in [4.78, 5) is 26.6. The predicted molar refractivity (Wildman–Crippen MR) is 116 cm³/mol. The minimum absolute atomic E-state index is 0.104. The molecule has 0 bridgehead atoms. The van der Waals surface area contributed by atoms with Crippen molar-refractivity contribution in [3.05, 3.63) is 99.5 Å². The normalized spacial score (nSPS) is 25.3. The maximum atomic E-state index is 13.7. The molecule has 0 amide bonds. The van der Waals surface area contributed by atoms with Crippen LogP contribution in [-0.4, -0.2) is 11.8 Å². The summed E-state index contributed by atoms with van der Waals surface area (Å²) in [6, 6.07) is 22.3. The third-order valence-corrected chi connectivity index (χ3v) is 6.81. The van der Waals surface area contributed by atoms with Gasteiger partial charge in [0.15, 0.2) is 0 Å². The van der Waals surface area contributed by atoms with Gasteiger partial charge in [-0.05, 0) is 41.5 Å². The van der Waals surface area contributed by atoms with Gasteiger partial charge in [0, 0.05) is 40.3 Å². The van der Waals surface area contributed by atoms with Crippen LogP contribution in [0.15, 0.2) is 72.8 Å². The van der Waals surface area contributed by atoms with Gasteiger partial charge in [0.1, 0.15) is 16.9 Å². The minimum Gasteiger partial charge on any atom is -0.426 e. The second kappa shape index (κ2) is 7.26. The molecule has 1 aliphatic carbocycles. The second-order valence-corrected chi connectivity index (χ2v) is 8.79. The maximum Gasteiger partial charge on any atom is 0.323 e. The summed E-state index contributed by atoms with van der Waals surface area (Å²) in [5.74, 6) is -0.454. The van der Waals surface area contributed by atoms with E-state index in [1.54, 1.807) is 12.1 Å². The minimum atomic E-state index is -1.03. The van der Waals surface area contributed by atoms with E-state index in [0.717, 1.165) is 16.7 Å². The molecule has 3 aromatic rings. The zero-order valence-corrected chi connectivity index (χ0v) is 17.5. The molecule has 0 saturated heterocycles. The molecule has 5 heteroatoms. The number of ketones is 1. The summed E-state index contributed by atoms with van der Waals surface area (Å²) in [5.41, 5.74) is 1.50.